The summed E-state index contributed by atoms with van der Waals surface area (Å²) in [5, 5.41) is 3.00. The monoisotopic (exact) mass is 1080 g/mol. The van der Waals surface area contributed by atoms with Gasteiger partial charge in [-0.15, -0.1) is 0 Å². The van der Waals surface area contributed by atoms with Crippen LogP contribution in [0.5, 0.6) is 0 Å². The number of nitrogens with zero attached hydrogens (tertiary/aromatic N) is 1. The van der Waals surface area contributed by atoms with Crippen LogP contribution in [0.2, 0.25) is 0 Å². The Morgan fingerprint density at radius 1 is 0.474 bits per heavy atom. The number of allylic oxidation sites excluding steroid dienone is 21. The van der Waals surface area contributed by atoms with Crippen molar-refractivity contribution in [1.82, 2.24) is 5.32 Å². The molecule has 0 bridgehead atoms. The van der Waals surface area contributed by atoms with Crippen LogP contribution in [-0.2, 0) is 27.9 Å². The van der Waals surface area contributed by atoms with E-state index in [0.29, 0.717) is 23.9 Å². The number of hydrogen-bond acceptors (Lipinski definition) is 6. The predicted octanol–water partition coefficient (Wildman–Crippen LogP) is 18.5. The third kappa shape index (κ3) is 54.9. The largest absolute Gasteiger partial charge is 0.472 e. The molecule has 0 aromatic rings. The van der Waals surface area contributed by atoms with Gasteiger partial charge in [0, 0.05) is 12.8 Å². The van der Waals surface area contributed by atoms with Gasteiger partial charge in [-0.25, -0.2) is 4.57 Å². The number of quaternary nitrogens is 1. The summed E-state index contributed by atoms with van der Waals surface area (Å²) in [5.41, 5.74) is 0. The van der Waals surface area contributed by atoms with Gasteiger partial charge in [0.05, 0.1) is 33.8 Å². The van der Waals surface area contributed by atoms with Crippen LogP contribution in [0, 0.1) is 0 Å². The molecule has 3 unspecified atom stereocenters. The zero-order valence-electron chi connectivity index (χ0n) is 49.2. The quantitative estimate of drug-likeness (QED) is 0.0205. The van der Waals surface area contributed by atoms with Crippen molar-refractivity contribution in [1.29, 1.82) is 0 Å². The summed E-state index contributed by atoms with van der Waals surface area (Å²) in [4.78, 5) is 37.6. The van der Waals surface area contributed by atoms with Crippen LogP contribution in [0.1, 0.15) is 220 Å². The first-order valence-corrected chi connectivity index (χ1v) is 31.5. The van der Waals surface area contributed by atoms with Gasteiger partial charge in [-0.1, -0.05) is 219 Å². The summed E-state index contributed by atoms with van der Waals surface area (Å²) in [5.74, 6) is -0.633. The first-order valence-electron chi connectivity index (χ1n) is 30.0. The number of carbonyl (C=O) groups is 2. The van der Waals surface area contributed by atoms with E-state index in [2.05, 4.69) is 148 Å². The highest BCUT2D eigenvalue weighted by Crippen LogP contribution is 2.43. The average Bonchev–Trinajstić information content (AvgIpc) is 3.38. The predicted molar refractivity (Wildman–Crippen MR) is 327 cm³/mol. The zero-order chi connectivity index (χ0) is 55.7. The van der Waals surface area contributed by atoms with Gasteiger partial charge in [0.1, 0.15) is 19.3 Å². The Labute approximate surface area is 466 Å². The molecule has 0 fully saturated rings. The van der Waals surface area contributed by atoms with Crippen molar-refractivity contribution in [3.63, 3.8) is 0 Å². The number of ether oxygens (including phenoxy) is 1. The van der Waals surface area contributed by atoms with Gasteiger partial charge < -0.3 is 19.4 Å². The Morgan fingerprint density at radius 3 is 1.32 bits per heavy atom. The normalized spacial score (nSPS) is 14.7. The summed E-state index contributed by atoms with van der Waals surface area (Å²) in [6.45, 7) is 6.77. The lowest BCUT2D eigenvalue weighted by atomic mass is 10.1. The minimum atomic E-state index is -4.48. The summed E-state index contributed by atoms with van der Waals surface area (Å²) in [6, 6.07) is -0.904. The van der Waals surface area contributed by atoms with Crippen LogP contribution in [0.3, 0.4) is 0 Å². The maximum absolute atomic E-state index is 13.5. The molecule has 3 atom stereocenters. The van der Waals surface area contributed by atoms with Crippen LogP contribution in [0.4, 0.5) is 0 Å². The van der Waals surface area contributed by atoms with Crippen LogP contribution >= 0.6 is 7.82 Å². The Hall–Kier alpha value is -3.85. The molecule has 0 aliphatic heterocycles. The molecule has 9 nitrogen and oxygen atoms in total. The molecule has 1 amide bonds. The molecule has 0 aromatic carbocycles. The molecule has 0 saturated carbocycles. The molecule has 0 aliphatic carbocycles. The van der Waals surface area contributed by atoms with E-state index >= 15 is 0 Å². The maximum Gasteiger partial charge on any atom is 0.472 e. The van der Waals surface area contributed by atoms with Crippen molar-refractivity contribution in [2.75, 3.05) is 40.9 Å². The first-order chi connectivity index (χ1) is 36.9. The Morgan fingerprint density at radius 2 is 0.855 bits per heavy atom. The maximum atomic E-state index is 13.5. The second kappa shape index (κ2) is 54.5. The number of esters is 1. The fourth-order valence-corrected chi connectivity index (χ4v) is 8.43. The highest BCUT2D eigenvalue weighted by atomic mass is 31.2. The number of likely N-dealkylation sites (N-methyl/N-ethyl adjacent to an activating group) is 1. The van der Waals surface area contributed by atoms with Gasteiger partial charge in [0.25, 0.3) is 0 Å². The third-order valence-electron chi connectivity index (χ3n) is 12.3. The molecular weight excluding hydrogens is 964 g/mol. The summed E-state index contributed by atoms with van der Waals surface area (Å²) >= 11 is 0. The minimum absolute atomic E-state index is 0.0154. The second-order valence-electron chi connectivity index (χ2n) is 20.8. The van der Waals surface area contributed by atoms with E-state index in [0.717, 1.165) is 96.3 Å². The van der Waals surface area contributed by atoms with Gasteiger partial charge >= 0.3 is 13.8 Å². The fourth-order valence-electron chi connectivity index (χ4n) is 7.70. The molecule has 76 heavy (non-hydrogen) atoms. The third-order valence-corrected chi connectivity index (χ3v) is 13.3. The number of carbonyl (C=O) groups excluding carboxylic acids is 2. The van der Waals surface area contributed by atoms with Crippen molar-refractivity contribution < 1.29 is 37.3 Å². The van der Waals surface area contributed by atoms with E-state index in [1.54, 1.807) is 0 Å². The number of amides is 1. The van der Waals surface area contributed by atoms with Crippen molar-refractivity contribution in [3.05, 3.63) is 134 Å². The molecule has 432 valence electrons. The lowest BCUT2D eigenvalue weighted by Gasteiger charge is -2.27. The topological polar surface area (TPSA) is 111 Å². The Balaban J connectivity index is 5.48. The molecule has 0 spiro atoms. The van der Waals surface area contributed by atoms with Crippen LogP contribution in [0.15, 0.2) is 134 Å². The first kappa shape index (κ1) is 72.2. The number of hydrogen-bond donors (Lipinski definition) is 2. The number of nitrogens with one attached hydrogen (secondary N) is 1. The summed E-state index contributed by atoms with van der Waals surface area (Å²) in [6.07, 6.45) is 77.5. The molecule has 0 aliphatic rings. The Kier molecular flexibility index (Phi) is 51.7. The van der Waals surface area contributed by atoms with Crippen LogP contribution in [0.25, 0.3) is 0 Å². The van der Waals surface area contributed by atoms with E-state index in [4.69, 9.17) is 13.8 Å². The van der Waals surface area contributed by atoms with Crippen molar-refractivity contribution >= 4 is 19.7 Å². The lowest BCUT2D eigenvalue weighted by Crippen LogP contribution is -2.47. The van der Waals surface area contributed by atoms with E-state index in [-0.39, 0.29) is 37.9 Å². The molecule has 0 saturated heterocycles. The molecule has 2 N–H and O–H groups in total. The molecule has 0 heterocycles. The molecule has 10 heteroatoms. The van der Waals surface area contributed by atoms with E-state index < -0.39 is 20.0 Å². The highest BCUT2D eigenvalue weighted by molar-refractivity contribution is 7.47. The van der Waals surface area contributed by atoms with Crippen LogP contribution < -0.4 is 5.32 Å². The standard InChI is InChI=1S/C66H111N2O7P/c1-7-10-13-16-19-22-25-28-30-32-33-34-35-37-39-41-44-47-50-53-56-59-66(70)75-64(57-54-51-48-45-42-27-24-21-18-15-12-9-3)63(62-74-76(71,72)73-61-60-68(4,5)6)67-65(69)58-55-52-49-46-43-40-38-36-31-29-26-23-20-17-14-11-8-2/h10,13,19-20,22-23,28-31,33-34,37-40,44,46-47,49,54,57,63-64H,7-9,11-12,14-18,21,24-27,32,35-36,41-43,45,48,50-53,55-56,58-62H2,1-6H3,(H-,67,69,71,72)/p+1/b13-10-,22-19-,23-20-,30-28-,31-29-,34-33-,39-37-,40-38-,47-44-,49-46-,57-54+. The molecule has 0 radical (unpaired) electrons. The van der Waals surface area contributed by atoms with Gasteiger partial charge in [-0.2, -0.15) is 0 Å². The summed E-state index contributed by atoms with van der Waals surface area (Å²) in [7, 11) is 1.42. The van der Waals surface area contributed by atoms with Crippen molar-refractivity contribution in [3.8, 4) is 0 Å². The van der Waals surface area contributed by atoms with E-state index in [1.165, 1.54) is 77.0 Å². The van der Waals surface area contributed by atoms with Gasteiger partial charge in [0.15, 0.2) is 0 Å². The van der Waals surface area contributed by atoms with Gasteiger partial charge in [-0.05, 0) is 122 Å². The van der Waals surface area contributed by atoms with Gasteiger partial charge in [0.2, 0.25) is 5.91 Å². The summed E-state index contributed by atoms with van der Waals surface area (Å²) < 4.78 is 30.6. The van der Waals surface area contributed by atoms with Crippen molar-refractivity contribution in [2.24, 2.45) is 0 Å². The fraction of sp³-hybridized carbons (Fsp3) is 0.636. The molecule has 0 aromatic heterocycles. The number of unbranched alkanes of at least 4 members (excludes halogenated alkanes) is 16. The number of rotatable bonds is 52. The van der Waals surface area contributed by atoms with E-state index in [1.807, 2.05) is 33.3 Å². The highest BCUT2D eigenvalue weighted by Gasteiger charge is 2.30. The molecular formula is C66H112N2O7P+. The SMILES string of the molecule is CC/C=C\C/C=C\C/C=C\C/C=C\C/C=C\C/C=C\CCCCC(=O)OC(/C=C/CCCCCCCCCCCC)C(COP(=O)(O)OCC[N+](C)(C)C)NC(=O)CCC/C=C\C/C=C\C/C=C\C/C=C\CCCCC. The molecule has 0 rings (SSSR count). The number of phosphoric ester groups is 1. The minimum Gasteiger partial charge on any atom is -0.456 e. The van der Waals surface area contributed by atoms with Crippen molar-refractivity contribution in [2.45, 2.75) is 232 Å². The lowest BCUT2D eigenvalue weighted by molar-refractivity contribution is -0.870. The smallest absolute Gasteiger partial charge is 0.456 e. The van der Waals surface area contributed by atoms with Gasteiger partial charge in [-0.3, -0.25) is 18.6 Å². The Bertz CT molecular complexity index is 1760. The van der Waals surface area contributed by atoms with Crippen LogP contribution in [-0.4, -0.2) is 74.3 Å². The second-order valence-corrected chi connectivity index (χ2v) is 22.2. The van der Waals surface area contributed by atoms with E-state index in [9.17, 15) is 19.0 Å². The zero-order valence-corrected chi connectivity index (χ0v) is 50.1. The number of phosphoric acid groups is 1. The average molecular weight is 1080 g/mol.